The summed E-state index contributed by atoms with van der Waals surface area (Å²) in [6, 6.07) is 1.65. The molecule has 1 aromatic heterocycles. The van der Waals surface area contributed by atoms with Crippen molar-refractivity contribution >= 4 is 5.57 Å². The Morgan fingerprint density at radius 2 is 1.65 bits per heavy atom. The van der Waals surface area contributed by atoms with Gasteiger partial charge in [-0.3, -0.25) is 0 Å². The summed E-state index contributed by atoms with van der Waals surface area (Å²) in [5, 5.41) is 11.8. The molecule has 26 heavy (non-hydrogen) atoms. The molecule has 1 heterocycles. The Balaban J connectivity index is 1.49. The molecule has 2 N–H and O–H groups in total. The molecule has 0 aliphatic heterocycles. The van der Waals surface area contributed by atoms with E-state index >= 15 is 0 Å². The average Bonchev–Trinajstić information content (AvgIpc) is 3.11. The Kier molecular flexibility index (Phi) is 5.73. The molecule has 0 aromatic carbocycles. The fraction of sp³-hybridized carbons (Fsp3) is 0.714. The standard InChI is InChI=1S/C21H32N4O/c1-15-22-21(26-25-15)16-12-13-19(23-17-8-4-2-5-9-17)20(14-16)24-18-10-6-3-7-11-18/h12,14,17-19,23-24H,2-11,13H2,1H3. The Hall–Kier alpha value is -1.62. The van der Waals surface area contributed by atoms with Crippen LogP contribution in [0.2, 0.25) is 0 Å². The molecule has 142 valence electrons. The van der Waals surface area contributed by atoms with Crippen molar-refractivity contribution in [2.24, 2.45) is 0 Å². The van der Waals surface area contributed by atoms with Crippen LogP contribution in [0.3, 0.4) is 0 Å². The van der Waals surface area contributed by atoms with Crippen LogP contribution in [0, 0.1) is 6.92 Å². The number of allylic oxidation sites excluding steroid dienone is 2. The van der Waals surface area contributed by atoms with Crippen LogP contribution in [-0.4, -0.2) is 28.3 Å². The van der Waals surface area contributed by atoms with Crippen LogP contribution in [0.1, 0.15) is 82.3 Å². The first kappa shape index (κ1) is 17.8. The third kappa shape index (κ3) is 4.37. The molecule has 4 rings (SSSR count). The van der Waals surface area contributed by atoms with Crippen molar-refractivity contribution in [3.63, 3.8) is 0 Å². The first-order valence-electron chi connectivity index (χ1n) is 10.5. The maximum Gasteiger partial charge on any atom is 0.257 e. The lowest BCUT2D eigenvalue weighted by Crippen LogP contribution is -2.46. The first-order valence-corrected chi connectivity index (χ1v) is 10.5. The highest BCUT2D eigenvalue weighted by atomic mass is 16.5. The first-order chi connectivity index (χ1) is 12.8. The van der Waals surface area contributed by atoms with Gasteiger partial charge in [0.1, 0.15) is 0 Å². The highest BCUT2D eigenvalue weighted by molar-refractivity contribution is 5.71. The monoisotopic (exact) mass is 356 g/mol. The summed E-state index contributed by atoms with van der Waals surface area (Å²) < 4.78 is 5.41. The van der Waals surface area contributed by atoms with Gasteiger partial charge in [-0.15, -0.1) is 0 Å². The second-order valence-corrected chi connectivity index (χ2v) is 8.18. The third-order valence-electron chi connectivity index (χ3n) is 6.05. The molecule has 0 bridgehead atoms. The molecule has 0 saturated heterocycles. The molecule has 3 aliphatic carbocycles. The van der Waals surface area contributed by atoms with Gasteiger partial charge in [0.25, 0.3) is 5.89 Å². The van der Waals surface area contributed by atoms with Gasteiger partial charge in [0.05, 0.1) is 6.04 Å². The molecular weight excluding hydrogens is 324 g/mol. The molecule has 5 nitrogen and oxygen atoms in total. The largest absolute Gasteiger partial charge is 0.384 e. The van der Waals surface area contributed by atoms with Gasteiger partial charge in [-0.2, -0.15) is 4.98 Å². The molecule has 2 fully saturated rings. The summed E-state index contributed by atoms with van der Waals surface area (Å²) in [6.07, 6.45) is 18.9. The minimum atomic E-state index is 0.382. The minimum absolute atomic E-state index is 0.382. The normalized spacial score (nSPS) is 25.7. The fourth-order valence-electron chi connectivity index (χ4n) is 4.60. The number of hydrogen-bond donors (Lipinski definition) is 2. The van der Waals surface area contributed by atoms with E-state index in [1.54, 1.807) is 0 Å². The summed E-state index contributed by atoms with van der Waals surface area (Å²) in [4.78, 5) is 4.42. The third-order valence-corrected chi connectivity index (χ3v) is 6.05. The molecule has 3 aliphatic rings. The van der Waals surface area contributed by atoms with Crippen LogP contribution in [-0.2, 0) is 0 Å². The highest BCUT2D eigenvalue weighted by Crippen LogP contribution is 2.28. The maximum absolute atomic E-state index is 5.41. The molecule has 0 spiro atoms. The quantitative estimate of drug-likeness (QED) is 0.825. The number of nitrogens with zero attached hydrogens (tertiary/aromatic N) is 2. The zero-order chi connectivity index (χ0) is 17.8. The lowest BCUT2D eigenvalue weighted by Gasteiger charge is -2.34. The molecule has 2 saturated carbocycles. The van der Waals surface area contributed by atoms with Gasteiger partial charge < -0.3 is 15.2 Å². The molecule has 1 aromatic rings. The second-order valence-electron chi connectivity index (χ2n) is 8.18. The van der Waals surface area contributed by atoms with Crippen molar-refractivity contribution in [1.82, 2.24) is 20.8 Å². The number of nitrogens with one attached hydrogen (secondary N) is 2. The van der Waals surface area contributed by atoms with Crippen molar-refractivity contribution in [2.75, 3.05) is 0 Å². The van der Waals surface area contributed by atoms with E-state index in [1.165, 1.54) is 69.9 Å². The maximum atomic E-state index is 5.41. The molecule has 1 atom stereocenters. The second kappa shape index (κ2) is 8.38. The average molecular weight is 357 g/mol. The Morgan fingerprint density at radius 1 is 0.962 bits per heavy atom. The fourth-order valence-corrected chi connectivity index (χ4v) is 4.60. The zero-order valence-electron chi connectivity index (χ0n) is 16.0. The van der Waals surface area contributed by atoms with Crippen molar-refractivity contribution < 1.29 is 4.52 Å². The van der Waals surface area contributed by atoms with E-state index in [-0.39, 0.29) is 0 Å². The van der Waals surface area contributed by atoms with E-state index in [0.29, 0.717) is 29.8 Å². The van der Waals surface area contributed by atoms with Crippen LogP contribution in [0.5, 0.6) is 0 Å². The molecule has 0 radical (unpaired) electrons. The smallest absolute Gasteiger partial charge is 0.257 e. The van der Waals surface area contributed by atoms with E-state index in [9.17, 15) is 0 Å². The predicted octanol–water partition coefficient (Wildman–Crippen LogP) is 4.26. The summed E-state index contributed by atoms with van der Waals surface area (Å²) >= 11 is 0. The van der Waals surface area contributed by atoms with Gasteiger partial charge in [-0.1, -0.05) is 49.8 Å². The van der Waals surface area contributed by atoms with E-state index in [4.69, 9.17) is 4.52 Å². The summed E-state index contributed by atoms with van der Waals surface area (Å²) in [7, 11) is 0. The van der Waals surface area contributed by atoms with Crippen molar-refractivity contribution in [3.05, 3.63) is 29.6 Å². The lowest BCUT2D eigenvalue weighted by atomic mass is 9.91. The van der Waals surface area contributed by atoms with Crippen molar-refractivity contribution in [2.45, 2.75) is 95.7 Å². The van der Waals surface area contributed by atoms with E-state index in [1.807, 2.05) is 6.92 Å². The number of aromatic nitrogens is 2. The van der Waals surface area contributed by atoms with Gasteiger partial charge in [-0.25, -0.2) is 0 Å². The lowest BCUT2D eigenvalue weighted by molar-refractivity contribution is 0.331. The van der Waals surface area contributed by atoms with Gasteiger partial charge in [-0.05, 0) is 45.1 Å². The van der Waals surface area contributed by atoms with Gasteiger partial charge >= 0.3 is 0 Å². The summed E-state index contributed by atoms with van der Waals surface area (Å²) in [5.74, 6) is 1.33. The van der Waals surface area contributed by atoms with Crippen LogP contribution < -0.4 is 10.6 Å². The van der Waals surface area contributed by atoms with E-state index in [0.717, 1.165) is 12.0 Å². The molecule has 1 unspecified atom stereocenters. The van der Waals surface area contributed by atoms with Crippen LogP contribution in [0.15, 0.2) is 22.4 Å². The molecular formula is C21H32N4O. The zero-order valence-corrected chi connectivity index (χ0v) is 16.0. The Morgan fingerprint density at radius 3 is 2.31 bits per heavy atom. The minimum Gasteiger partial charge on any atom is -0.384 e. The van der Waals surface area contributed by atoms with Gasteiger partial charge in [0.15, 0.2) is 5.82 Å². The summed E-state index contributed by atoms with van der Waals surface area (Å²) in [5.41, 5.74) is 2.38. The van der Waals surface area contributed by atoms with E-state index in [2.05, 4.69) is 32.9 Å². The number of aryl methyl sites for hydroxylation is 1. The molecule has 0 amide bonds. The predicted molar refractivity (Wildman–Crippen MR) is 104 cm³/mol. The van der Waals surface area contributed by atoms with Crippen molar-refractivity contribution in [1.29, 1.82) is 0 Å². The molecule has 5 heteroatoms. The van der Waals surface area contributed by atoms with E-state index < -0.39 is 0 Å². The van der Waals surface area contributed by atoms with Crippen LogP contribution >= 0.6 is 0 Å². The summed E-state index contributed by atoms with van der Waals surface area (Å²) in [6.45, 7) is 1.87. The SMILES string of the molecule is Cc1noc(C2=CCC(NC3CCCCC3)C(NC3CCCCC3)=C2)n1. The van der Waals surface area contributed by atoms with Crippen molar-refractivity contribution in [3.8, 4) is 0 Å². The van der Waals surface area contributed by atoms with Crippen LogP contribution in [0.25, 0.3) is 5.57 Å². The van der Waals surface area contributed by atoms with Gasteiger partial charge in [0, 0.05) is 23.4 Å². The topological polar surface area (TPSA) is 63.0 Å². The van der Waals surface area contributed by atoms with Crippen LogP contribution in [0.4, 0.5) is 0 Å². The Labute approximate surface area is 156 Å². The highest BCUT2D eigenvalue weighted by Gasteiger charge is 2.26. The number of hydrogen-bond acceptors (Lipinski definition) is 5. The van der Waals surface area contributed by atoms with Gasteiger partial charge in [0.2, 0.25) is 0 Å². The number of rotatable bonds is 5. The Bertz CT molecular complexity index is 651.